The third kappa shape index (κ3) is 2.74. The lowest BCUT2D eigenvalue weighted by Crippen LogP contribution is -2.15. The number of anilines is 1. The quantitative estimate of drug-likeness (QED) is 0.812. The van der Waals surface area contributed by atoms with Gasteiger partial charge in [-0.25, -0.2) is 0 Å². The maximum atomic E-state index is 4.65. The minimum atomic E-state index is 0.0707. The first-order valence-electron chi connectivity index (χ1n) is 5.23. The Morgan fingerprint density at radius 3 is 2.75 bits per heavy atom. The highest BCUT2D eigenvalue weighted by Gasteiger charge is 2.25. The maximum Gasteiger partial charge on any atom is 0.161 e. The second kappa shape index (κ2) is 4.72. The van der Waals surface area contributed by atoms with Crippen LogP contribution >= 0.6 is 23.5 Å². The number of para-hydroxylation sites is 1. The van der Waals surface area contributed by atoms with Gasteiger partial charge in [-0.2, -0.15) is 0 Å². The molecule has 1 aliphatic heterocycles. The van der Waals surface area contributed by atoms with E-state index >= 15 is 0 Å². The van der Waals surface area contributed by atoms with Crippen LogP contribution in [0.15, 0.2) is 34.2 Å². The van der Waals surface area contributed by atoms with Gasteiger partial charge in [-0.15, -0.1) is 11.8 Å². The summed E-state index contributed by atoms with van der Waals surface area (Å²) in [4.78, 5) is 5.91. The summed E-state index contributed by atoms with van der Waals surface area (Å²) in [6, 6.07) is 8.33. The molecule has 1 aliphatic rings. The van der Waals surface area contributed by atoms with Crippen molar-refractivity contribution in [2.75, 3.05) is 17.3 Å². The van der Waals surface area contributed by atoms with Crippen LogP contribution in [0.2, 0.25) is 0 Å². The van der Waals surface area contributed by atoms with Crippen molar-refractivity contribution < 1.29 is 0 Å². The number of hydrogen-bond donors (Lipinski definition) is 1. The van der Waals surface area contributed by atoms with Crippen LogP contribution in [0.4, 0.5) is 5.69 Å². The molecule has 0 saturated carbocycles. The van der Waals surface area contributed by atoms with Crippen LogP contribution in [0.25, 0.3) is 0 Å². The zero-order valence-electron chi connectivity index (χ0n) is 9.78. The largest absolute Gasteiger partial charge is 0.334 e. The fourth-order valence-corrected chi connectivity index (χ4v) is 3.11. The fraction of sp³-hybridized carbons (Fsp3) is 0.417. The van der Waals surface area contributed by atoms with Gasteiger partial charge in [-0.05, 0) is 32.2 Å². The van der Waals surface area contributed by atoms with Gasteiger partial charge in [0, 0.05) is 10.6 Å². The fourth-order valence-electron chi connectivity index (χ4n) is 1.51. The van der Waals surface area contributed by atoms with Gasteiger partial charge in [0.25, 0.3) is 0 Å². The first-order valence-corrected chi connectivity index (χ1v) is 7.44. The van der Waals surface area contributed by atoms with E-state index in [1.807, 2.05) is 6.07 Å². The highest BCUT2D eigenvalue weighted by molar-refractivity contribution is 8.14. The molecule has 0 saturated heterocycles. The second-order valence-corrected chi connectivity index (χ2v) is 6.16. The summed E-state index contributed by atoms with van der Waals surface area (Å²) in [6.45, 7) is 4.32. The van der Waals surface area contributed by atoms with Crippen LogP contribution in [0.1, 0.15) is 13.8 Å². The minimum absolute atomic E-state index is 0.0707. The average Bonchev–Trinajstić information content (AvgIpc) is 2.59. The zero-order chi connectivity index (χ0) is 11.6. The number of nitrogens with one attached hydrogen (secondary N) is 1. The number of nitrogens with zero attached hydrogens (tertiary/aromatic N) is 1. The molecule has 0 spiro atoms. The Hall–Kier alpha value is -0.610. The molecule has 1 aromatic carbocycles. The van der Waals surface area contributed by atoms with E-state index in [0.717, 1.165) is 16.6 Å². The normalized spacial score (nSPS) is 18.3. The number of hydrogen-bond acceptors (Lipinski definition) is 4. The molecule has 0 bridgehead atoms. The van der Waals surface area contributed by atoms with Gasteiger partial charge in [-0.1, -0.05) is 23.9 Å². The first kappa shape index (κ1) is 11.9. The number of aliphatic imine (C=N–C) groups is 1. The van der Waals surface area contributed by atoms with Crippen LogP contribution in [0.5, 0.6) is 0 Å². The van der Waals surface area contributed by atoms with Gasteiger partial charge in [0.1, 0.15) is 0 Å². The molecular formula is C12H16N2S2. The Morgan fingerprint density at radius 1 is 1.38 bits per heavy atom. The lowest BCUT2D eigenvalue weighted by atomic mass is 10.1. The molecule has 0 amide bonds. The predicted octanol–water partition coefficient (Wildman–Crippen LogP) is 3.70. The van der Waals surface area contributed by atoms with Crippen molar-refractivity contribution in [1.82, 2.24) is 0 Å². The lowest BCUT2D eigenvalue weighted by molar-refractivity contribution is 0.605. The van der Waals surface area contributed by atoms with Gasteiger partial charge in [0.15, 0.2) is 5.17 Å². The van der Waals surface area contributed by atoms with E-state index in [4.69, 9.17) is 0 Å². The number of thioether (sulfide) groups is 2. The monoisotopic (exact) mass is 252 g/mol. The smallest absolute Gasteiger partial charge is 0.161 e. The molecule has 0 aliphatic carbocycles. The molecule has 1 heterocycles. The van der Waals surface area contributed by atoms with Gasteiger partial charge in [0.2, 0.25) is 0 Å². The van der Waals surface area contributed by atoms with Gasteiger partial charge in [-0.3, -0.25) is 4.99 Å². The van der Waals surface area contributed by atoms with Crippen molar-refractivity contribution >= 4 is 34.4 Å². The number of benzene rings is 1. The molecule has 2 rings (SSSR count). The van der Waals surface area contributed by atoms with Crippen LogP contribution in [-0.4, -0.2) is 22.7 Å². The van der Waals surface area contributed by atoms with Gasteiger partial charge >= 0.3 is 0 Å². The van der Waals surface area contributed by atoms with Crippen LogP contribution in [0.3, 0.4) is 0 Å². The predicted molar refractivity (Wildman–Crippen MR) is 75.8 cm³/mol. The summed E-state index contributed by atoms with van der Waals surface area (Å²) < 4.78 is 0. The van der Waals surface area contributed by atoms with Crippen molar-refractivity contribution in [3.8, 4) is 0 Å². The van der Waals surface area contributed by atoms with E-state index in [9.17, 15) is 0 Å². The topological polar surface area (TPSA) is 24.4 Å². The molecular weight excluding hydrogens is 236 g/mol. The van der Waals surface area contributed by atoms with E-state index in [1.54, 1.807) is 23.5 Å². The molecule has 0 atom stereocenters. The summed E-state index contributed by atoms with van der Waals surface area (Å²) in [6.07, 6.45) is 2.09. The molecule has 0 aromatic heterocycles. The van der Waals surface area contributed by atoms with Crippen molar-refractivity contribution in [1.29, 1.82) is 0 Å². The SMILES string of the molecule is CSc1ccccc1NC1=NC(C)(C)CS1. The summed E-state index contributed by atoms with van der Waals surface area (Å²) in [7, 11) is 0. The van der Waals surface area contributed by atoms with E-state index in [2.05, 4.69) is 48.6 Å². The van der Waals surface area contributed by atoms with Crippen LogP contribution in [-0.2, 0) is 0 Å². The second-order valence-electron chi connectivity index (χ2n) is 4.34. The minimum Gasteiger partial charge on any atom is -0.334 e. The standard InChI is InChI=1S/C12H16N2S2/c1-12(2)8-16-11(14-12)13-9-6-4-5-7-10(9)15-3/h4-7H,8H2,1-3H3,(H,13,14). The third-order valence-electron chi connectivity index (χ3n) is 2.31. The average molecular weight is 252 g/mol. The molecule has 0 unspecified atom stereocenters. The maximum absolute atomic E-state index is 4.65. The van der Waals surface area contributed by atoms with Gasteiger partial charge < -0.3 is 5.32 Å². The molecule has 86 valence electrons. The number of rotatable bonds is 2. The summed E-state index contributed by atoms with van der Waals surface area (Å²) >= 11 is 3.54. The van der Waals surface area contributed by atoms with E-state index < -0.39 is 0 Å². The van der Waals surface area contributed by atoms with Crippen molar-refractivity contribution in [3.63, 3.8) is 0 Å². The third-order valence-corrected chi connectivity index (χ3v) is 4.43. The molecule has 0 radical (unpaired) electrons. The Morgan fingerprint density at radius 2 is 2.12 bits per heavy atom. The molecule has 1 aromatic rings. The highest BCUT2D eigenvalue weighted by Crippen LogP contribution is 2.30. The zero-order valence-corrected chi connectivity index (χ0v) is 11.4. The Bertz CT molecular complexity index is 413. The Balaban J connectivity index is 2.16. The van der Waals surface area contributed by atoms with Crippen LogP contribution < -0.4 is 5.32 Å². The summed E-state index contributed by atoms with van der Waals surface area (Å²) in [5, 5.41) is 4.44. The molecule has 1 N–H and O–H groups in total. The summed E-state index contributed by atoms with van der Waals surface area (Å²) in [5.74, 6) is 1.05. The van der Waals surface area contributed by atoms with E-state index in [-0.39, 0.29) is 5.54 Å². The summed E-state index contributed by atoms with van der Waals surface area (Å²) in [5.41, 5.74) is 1.22. The van der Waals surface area contributed by atoms with Crippen molar-refractivity contribution in [3.05, 3.63) is 24.3 Å². The van der Waals surface area contributed by atoms with Crippen LogP contribution in [0, 0.1) is 0 Å². The lowest BCUT2D eigenvalue weighted by Gasteiger charge is -2.10. The number of amidine groups is 1. The van der Waals surface area contributed by atoms with Crippen molar-refractivity contribution in [2.45, 2.75) is 24.3 Å². The van der Waals surface area contributed by atoms with E-state index in [0.29, 0.717) is 0 Å². The molecule has 0 fully saturated rings. The van der Waals surface area contributed by atoms with Gasteiger partial charge in [0.05, 0.1) is 11.2 Å². The van der Waals surface area contributed by atoms with E-state index in [1.165, 1.54) is 4.90 Å². The Labute approximate surface area is 105 Å². The molecule has 2 nitrogen and oxygen atoms in total. The molecule has 4 heteroatoms. The van der Waals surface area contributed by atoms with Crippen molar-refractivity contribution in [2.24, 2.45) is 4.99 Å². The molecule has 16 heavy (non-hydrogen) atoms. The first-order chi connectivity index (χ1) is 7.61. The Kier molecular flexibility index (Phi) is 3.50. The highest BCUT2D eigenvalue weighted by atomic mass is 32.2.